The lowest BCUT2D eigenvalue weighted by Gasteiger charge is -2.29. The SMILES string of the molecule is CCCCCCCCN1C(=O)c2ccc3c4ccc5c6c(ccc(c7ccc(c2c37)C1=O)c64)C(=O)OC5=O. The van der Waals surface area contributed by atoms with Crippen molar-refractivity contribution in [2.75, 3.05) is 6.54 Å². The van der Waals surface area contributed by atoms with Gasteiger partial charge in [0.2, 0.25) is 0 Å². The maximum atomic E-state index is 13.6. The van der Waals surface area contributed by atoms with E-state index in [-0.39, 0.29) is 11.8 Å². The smallest absolute Gasteiger partial charge is 0.346 e. The number of fused-ring (bicyclic) bond motifs is 2. The quantitative estimate of drug-likeness (QED) is 0.0596. The number of rotatable bonds is 7. The van der Waals surface area contributed by atoms with E-state index in [1.165, 1.54) is 24.2 Å². The van der Waals surface area contributed by atoms with Crippen molar-refractivity contribution < 1.29 is 23.9 Å². The number of hydrogen-bond donors (Lipinski definition) is 0. The molecule has 7 rings (SSSR count). The Hall–Kier alpha value is -4.32. The molecule has 0 atom stereocenters. The number of esters is 2. The maximum absolute atomic E-state index is 13.6. The Labute approximate surface area is 218 Å². The van der Waals surface area contributed by atoms with Crippen molar-refractivity contribution in [3.05, 3.63) is 70.8 Å². The molecule has 0 fully saturated rings. The number of carbonyl (C=O) groups excluding carboxylic acids is 4. The van der Waals surface area contributed by atoms with E-state index >= 15 is 0 Å². The van der Waals surface area contributed by atoms with Crippen LogP contribution in [-0.4, -0.2) is 35.2 Å². The zero-order valence-electron chi connectivity index (χ0n) is 21.1. The average molecular weight is 504 g/mol. The number of benzene rings is 5. The van der Waals surface area contributed by atoms with Gasteiger partial charge in [-0.1, -0.05) is 63.3 Å². The normalized spacial score (nSPS) is 15.0. The third kappa shape index (κ3) is 3.00. The van der Waals surface area contributed by atoms with Crippen LogP contribution in [0.3, 0.4) is 0 Å². The van der Waals surface area contributed by atoms with Gasteiger partial charge in [0, 0.05) is 28.4 Å². The molecule has 0 N–H and O–H groups in total. The zero-order valence-corrected chi connectivity index (χ0v) is 21.1. The second-order valence-corrected chi connectivity index (χ2v) is 10.3. The molecular formula is C32H25NO5. The van der Waals surface area contributed by atoms with E-state index in [0.717, 1.165) is 51.6 Å². The van der Waals surface area contributed by atoms with Crippen molar-refractivity contribution in [1.82, 2.24) is 4.90 Å². The van der Waals surface area contributed by atoms with Crippen LogP contribution in [0.2, 0.25) is 0 Å². The van der Waals surface area contributed by atoms with Crippen molar-refractivity contribution in [2.45, 2.75) is 45.4 Å². The van der Waals surface area contributed by atoms with Crippen LogP contribution in [0.15, 0.2) is 48.5 Å². The van der Waals surface area contributed by atoms with Crippen LogP contribution in [-0.2, 0) is 4.74 Å². The molecule has 2 aliphatic rings. The van der Waals surface area contributed by atoms with Crippen LogP contribution < -0.4 is 0 Å². The summed E-state index contributed by atoms with van der Waals surface area (Å²) in [5.41, 5.74) is 1.81. The lowest BCUT2D eigenvalue weighted by Crippen LogP contribution is -2.40. The summed E-state index contributed by atoms with van der Waals surface area (Å²) in [6.07, 6.45) is 6.48. The van der Waals surface area contributed by atoms with Crippen LogP contribution >= 0.6 is 0 Å². The van der Waals surface area contributed by atoms with E-state index in [2.05, 4.69) is 6.92 Å². The second-order valence-electron chi connectivity index (χ2n) is 10.3. The summed E-state index contributed by atoms with van der Waals surface area (Å²) in [5.74, 6) is -1.79. The molecule has 5 aromatic rings. The summed E-state index contributed by atoms with van der Waals surface area (Å²) in [5, 5.41) is 6.46. The van der Waals surface area contributed by atoms with Crippen LogP contribution in [0.4, 0.5) is 0 Å². The Balaban J connectivity index is 1.41. The van der Waals surface area contributed by atoms with Gasteiger partial charge in [0.05, 0.1) is 11.1 Å². The van der Waals surface area contributed by atoms with Crippen molar-refractivity contribution in [3.8, 4) is 0 Å². The molecule has 0 aromatic heterocycles. The van der Waals surface area contributed by atoms with Crippen LogP contribution in [0, 0.1) is 0 Å². The first-order valence-electron chi connectivity index (χ1n) is 13.3. The van der Waals surface area contributed by atoms with Gasteiger partial charge in [-0.05, 0) is 63.0 Å². The van der Waals surface area contributed by atoms with Gasteiger partial charge in [-0.15, -0.1) is 0 Å². The monoisotopic (exact) mass is 503 g/mol. The first-order chi connectivity index (χ1) is 18.5. The maximum Gasteiger partial charge on any atom is 0.346 e. The highest BCUT2D eigenvalue weighted by Gasteiger charge is 2.35. The molecule has 0 unspecified atom stereocenters. The largest absolute Gasteiger partial charge is 0.386 e. The predicted molar refractivity (Wildman–Crippen MR) is 146 cm³/mol. The molecule has 5 aromatic carbocycles. The van der Waals surface area contributed by atoms with Crippen molar-refractivity contribution >= 4 is 66.8 Å². The van der Waals surface area contributed by atoms with Crippen molar-refractivity contribution in [1.29, 1.82) is 0 Å². The molecule has 0 bridgehead atoms. The fourth-order valence-electron chi connectivity index (χ4n) is 6.42. The molecule has 0 aliphatic carbocycles. The van der Waals surface area contributed by atoms with Gasteiger partial charge in [-0.3, -0.25) is 14.5 Å². The van der Waals surface area contributed by atoms with E-state index < -0.39 is 11.9 Å². The molecule has 2 amide bonds. The number of nitrogens with zero attached hydrogens (tertiary/aromatic N) is 1. The molecule has 38 heavy (non-hydrogen) atoms. The topological polar surface area (TPSA) is 80.8 Å². The molecule has 0 saturated carbocycles. The molecule has 6 nitrogen and oxygen atoms in total. The van der Waals surface area contributed by atoms with Crippen molar-refractivity contribution in [2.24, 2.45) is 0 Å². The summed E-state index contributed by atoms with van der Waals surface area (Å²) in [6, 6.07) is 14.6. The van der Waals surface area contributed by atoms with Gasteiger partial charge < -0.3 is 4.74 Å². The van der Waals surface area contributed by atoms with Gasteiger partial charge in [0.25, 0.3) is 11.8 Å². The predicted octanol–water partition coefficient (Wildman–Crippen LogP) is 7.00. The summed E-state index contributed by atoms with van der Waals surface area (Å²) < 4.78 is 4.94. The van der Waals surface area contributed by atoms with Crippen molar-refractivity contribution in [3.63, 3.8) is 0 Å². The van der Waals surface area contributed by atoms with E-state index in [0.29, 0.717) is 39.6 Å². The van der Waals surface area contributed by atoms with Crippen LogP contribution in [0.1, 0.15) is 86.9 Å². The number of amides is 2. The molecule has 6 heteroatoms. The van der Waals surface area contributed by atoms with Gasteiger partial charge in [0.15, 0.2) is 0 Å². The number of hydrogen-bond acceptors (Lipinski definition) is 5. The number of carbonyl (C=O) groups is 4. The lowest BCUT2D eigenvalue weighted by molar-refractivity contribution is 0.0390. The third-order valence-corrected chi connectivity index (χ3v) is 8.21. The highest BCUT2D eigenvalue weighted by molar-refractivity contribution is 6.40. The minimum absolute atomic E-state index is 0.246. The first-order valence-corrected chi connectivity index (χ1v) is 13.3. The summed E-state index contributed by atoms with van der Waals surface area (Å²) in [4.78, 5) is 53.5. The highest BCUT2D eigenvalue weighted by Crippen LogP contribution is 2.45. The number of cyclic esters (lactones) is 2. The number of unbranched alkanes of at least 4 members (excludes halogenated alkanes) is 5. The van der Waals surface area contributed by atoms with Crippen LogP contribution in [0.25, 0.3) is 43.1 Å². The fraction of sp³-hybridized carbons (Fsp3) is 0.250. The summed E-state index contributed by atoms with van der Waals surface area (Å²) in [7, 11) is 0. The number of imide groups is 1. The van der Waals surface area contributed by atoms with Gasteiger partial charge in [-0.2, -0.15) is 0 Å². The molecule has 2 aliphatic heterocycles. The number of ether oxygens (including phenoxy) is 1. The van der Waals surface area contributed by atoms with Crippen LogP contribution in [0.5, 0.6) is 0 Å². The molecular weight excluding hydrogens is 478 g/mol. The molecule has 188 valence electrons. The molecule has 0 spiro atoms. The highest BCUT2D eigenvalue weighted by atomic mass is 16.6. The zero-order chi connectivity index (χ0) is 26.1. The van der Waals surface area contributed by atoms with Gasteiger partial charge in [0.1, 0.15) is 0 Å². The van der Waals surface area contributed by atoms with Gasteiger partial charge in [-0.25, -0.2) is 9.59 Å². The Morgan fingerprint density at radius 1 is 0.526 bits per heavy atom. The minimum atomic E-state index is -0.649. The van der Waals surface area contributed by atoms with E-state index in [4.69, 9.17) is 4.74 Å². The molecule has 0 radical (unpaired) electrons. The fourth-order valence-corrected chi connectivity index (χ4v) is 6.42. The Morgan fingerprint density at radius 3 is 1.45 bits per heavy atom. The summed E-state index contributed by atoms with van der Waals surface area (Å²) in [6.45, 7) is 2.60. The average Bonchev–Trinajstić information content (AvgIpc) is 2.93. The second kappa shape index (κ2) is 8.35. The van der Waals surface area contributed by atoms with Gasteiger partial charge >= 0.3 is 11.9 Å². The Kier molecular flexibility index (Phi) is 5.02. The lowest BCUT2D eigenvalue weighted by atomic mass is 9.83. The Bertz CT molecular complexity index is 1750. The van der Waals surface area contributed by atoms with E-state index in [9.17, 15) is 19.2 Å². The van der Waals surface area contributed by atoms with E-state index in [1.807, 2.05) is 36.4 Å². The first kappa shape index (κ1) is 22.8. The third-order valence-electron chi connectivity index (χ3n) is 8.21. The standard InChI is InChI=1S/C32H25NO5/c1-2-3-4-5-6-7-16-33-29(34)21-12-8-17-19-10-14-23-28-24(32(37)38-31(23)36)15-11-20(26(19)28)18-9-13-22(30(33)35)27(21)25(17)18/h8-15H,2-7,16H2,1H3. The Morgan fingerprint density at radius 2 is 0.947 bits per heavy atom. The molecule has 2 heterocycles. The summed E-state index contributed by atoms with van der Waals surface area (Å²) >= 11 is 0. The van der Waals surface area contributed by atoms with E-state index in [1.54, 1.807) is 12.1 Å². The molecule has 0 saturated heterocycles. The minimum Gasteiger partial charge on any atom is -0.386 e.